The molecule has 2 N–H and O–H groups in total. The van der Waals surface area contributed by atoms with Crippen LogP contribution in [0.15, 0.2) is 47.6 Å². The molecule has 0 bridgehead atoms. The van der Waals surface area contributed by atoms with Gasteiger partial charge in [0.1, 0.15) is 0 Å². The fourth-order valence-corrected chi connectivity index (χ4v) is 5.44. The lowest BCUT2D eigenvalue weighted by atomic mass is 9.86. The topological polar surface area (TPSA) is 117 Å². The van der Waals surface area contributed by atoms with E-state index in [2.05, 4.69) is 20.5 Å². The summed E-state index contributed by atoms with van der Waals surface area (Å²) in [5.74, 6) is -0.259. The zero-order valence-electron chi connectivity index (χ0n) is 15.5. The van der Waals surface area contributed by atoms with Crippen LogP contribution in [-0.2, 0) is 21.3 Å². The van der Waals surface area contributed by atoms with Crippen molar-refractivity contribution in [2.75, 3.05) is 19.8 Å². The van der Waals surface area contributed by atoms with E-state index in [1.54, 1.807) is 40.8 Å². The third kappa shape index (κ3) is 3.00. The SMILES string of the molecule is O=C(NCc1ccc(S(=O)(=O)N2CCC23COC3)cc1)c1cnc2[nH]ncc2c1. The van der Waals surface area contributed by atoms with Gasteiger partial charge in [-0.2, -0.15) is 9.40 Å². The van der Waals surface area contributed by atoms with E-state index in [9.17, 15) is 13.2 Å². The second-order valence-corrected chi connectivity index (χ2v) is 9.27. The van der Waals surface area contributed by atoms with Crippen LogP contribution in [0.4, 0.5) is 0 Å². The number of H-pyrrole nitrogens is 1. The summed E-state index contributed by atoms with van der Waals surface area (Å²) in [7, 11) is -3.53. The molecule has 5 rings (SSSR count). The first-order valence-electron chi connectivity index (χ1n) is 9.25. The molecule has 1 amide bonds. The number of rotatable bonds is 5. The molecule has 9 nitrogen and oxygen atoms in total. The number of pyridine rings is 1. The Kier molecular flexibility index (Phi) is 4.16. The molecule has 10 heteroatoms. The number of aromatic nitrogens is 3. The third-order valence-corrected chi connectivity index (χ3v) is 7.59. The van der Waals surface area contributed by atoms with Gasteiger partial charge in [-0.1, -0.05) is 12.1 Å². The predicted molar refractivity (Wildman–Crippen MR) is 104 cm³/mol. The molecule has 2 fully saturated rings. The van der Waals surface area contributed by atoms with Crippen LogP contribution < -0.4 is 5.32 Å². The molecule has 4 heterocycles. The Labute approximate surface area is 167 Å². The van der Waals surface area contributed by atoms with Gasteiger partial charge in [0, 0.05) is 24.7 Å². The van der Waals surface area contributed by atoms with Crippen LogP contribution in [0.3, 0.4) is 0 Å². The summed E-state index contributed by atoms with van der Waals surface area (Å²) >= 11 is 0. The second kappa shape index (κ2) is 6.61. The van der Waals surface area contributed by atoms with Gasteiger partial charge in [0.2, 0.25) is 10.0 Å². The number of aromatic amines is 1. The lowest BCUT2D eigenvalue weighted by Gasteiger charge is -2.56. The molecule has 0 unspecified atom stereocenters. The standard InChI is InChI=1S/C19H19N5O4S/c25-18(15-7-14-10-22-23-17(14)20-9-15)21-8-13-1-3-16(4-2-13)29(26,27)24-6-5-19(24)11-28-12-19/h1-4,7,9-10H,5-6,8,11-12H2,(H,21,25)(H,20,22,23). The Hall–Kier alpha value is -2.82. The van der Waals surface area contributed by atoms with Crippen molar-refractivity contribution in [3.63, 3.8) is 0 Å². The fraction of sp³-hybridized carbons (Fsp3) is 0.316. The number of nitrogens with zero attached hydrogens (tertiary/aromatic N) is 3. The highest BCUT2D eigenvalue weighted by Gasteiger charge is 2.56. The molecule has 2 saturated heterocycles. The molecular formula is C19H19N5O4S. The Bertz CT molecular complexity index is 1180. The lowest BCUT2D eigenvalue weighted by Crippen LogP contribution is -2.71. The first-order valence-corrected chi connectivity index (χ1v) is 10.7. The highest BCUT2D eigenvalue weighted by atomic mass is 32.2. The molecule has 0 aliphatic carbocycles. The molecule has 1 aromatic carbocycles. The van der Waals surface area contributed by atoms with Gasteiger partial charge in [-0.05, 0) is 30.2 Å². The number of carbonyl (C=O) groups excluding carboxylic acids is 1. The van der Waals surface area contributed by atoms with Crippen molar-refractivity contribution >= 4 is 27.0 Å². The normalized spacial score (nSPS) is 18.3. The summed E-state index contributed by atoms with van der Waals surface area (Å²) in [5.41, 5.74) is 1.52. The van der Waals surface area contributed by atoms with Gasteiger partial charge < -0.3 is 10.1 Å². The number of hydrogen-bond acceptors (Lipinski definition) is 6. The van der Waals surface area contributed by atoms with Crippen molar-refractivity contribution in [2.45, 2.75) is 23.4 Å². The van der Waals surface area contributed by atoms with E-state index in [1.165, 1.54) is 6.20 Å². The van der Waals surface area contributed by atoms with Gasteiger partial charge in [0.05, 0.1) is 35.4 Å². The molecule has 1 spiro atoms. The van der Waals surface area contributed by atoms with E-state index in [0.29, 0.717) is 31.0 Å². The largest absolute Gasteiger partial charge is 0.377 e. The Morgan fingerprint density at radius 2 is 2.03 bits per heavy atom. The molecule has 0 radical (unpaired) electrons. The van der Waals surface area contributed by atoms with Gasteiger partial charge in [-0.3, -0.25) is 9.89 Å². The minimum Gasteiger partial charge on any atom is -0.377 e. The van der Waals surface area contributed by atoms with Crippen LogP contribution >= 0.6 is 0 Å². The summed E-state index contributed by atoms with van der Waals surface area (Å²) in [6, 6.07) is 8.32. The van der Waals surface area contributed by atoms with E-state index in [4.69, 9.17) is 4.74 Å². The Morgan fingerprint density at radius 1 is 1.24 bits per heavy atom. The van der Waals surface area contributed by atoms with Crippen molar-refractivity contribution in [1.29, 1.82) is 0 Å². The maximum Gasteiger partial charge on any atom is 0.253 e. The van der Waals surface area contributed by atoms with E-state index in [0.717, 1.165) is 17.4 Å². The van der Waals surface area contributed by atoms with E-state index in [1.807, 2.05) is 0 Å². The van der Waals surface area contributed by atoms with Crippen LogP contribution in [0.5, 0.6) is 0 Å². The summed E-state index contributed by atoms with van der Waals surface area (Å²) < 4.78 is 32.5. The average Bonchev–Trinajstić information content (AvgIpc) is 3.12. The average molecular weight is 413 g/mol. The van der Waals surface area contributed by atoms with Crippen molar-refractivity contribution in [2.24, 2.45) is 0 Å². The van der Waals surface area contributed by atoms with Crippen molar-refractivity contribution in [3.8, 4) is 0 Å². The van der Waals surface area contributed by atoms with E-state index < -0.39 is 10.0 Å². The molecule has 2 aromatic heterocycles. The molecule has 2 aliphatic rings. The Balaban J connectivity index is 1.25. The maximum absolute atomic E-state index is 12.9. The highest BCUT2D eigenvalue weighted by Crippen LogP contribution is 2.41. The molecule has 0 saturated carbocycles. The van der Waals surface area contributed by atoms with E-state index in [-0.39, 0.29) is 22.9 Å². The fourth-order valence-electron chi connectivity index (χ4n) is 3.67. The van der Waals surface area contributed by atoms with Gasteiger partial charge >= 0.3 is 0 Å². The maximum atomic E-state index is 12.9. The molecule has 2 aliphatic heterocycles. The van der Waals surface area contributed by atoms with Crippen molar-refractivity contribution in [3.05, 3.63) is 53.9 Å². The van der Waals surface area contributed by atoms with E-state index >= 15 is 0 Å². The summed E-state index contributed by atoms with van der Waals surface area (Å²) in [6.45, 7) is 1.74. The first-order chi connectivity index (χ1) is 14.0. The smallest absolute Gasteiger partial charge is 0.253 e. The number of nitrogens with one attached hydrogen (secondary N) is 2. The zero-order chi connectivity index (χ0) is 20.1. The molecule has 3 aromatic rings. The Morgan fingerprint density at radius 3 is 2.69 bits per heavy atom. The van der Waals surface area contributed by atoms with Gasteiger partial charge in [0.25, 0.3) is 5.91 Å². The molecule has 150 valence electrons. The number of benzene rings is 1. The minimum absolute atomic E-state index is 0.258. The number of carbonyl (C=O) groups is 1. The van der Waals surface area contributed by atoms with Gasteiger partial charge in [-0.25, -0.2) is 13.4 Å². The minimum atomic E-state index is -3.53. The summed E-state index contributed by atoms with van der Waals surface area (Å²) in [6.07, 6.45) is 3.94. The summed E-state index contributed by atoms with van der Waals surface area (Å²) in [5, 5.41) is 10.2. The monoisotopic (exact) mass is 413 g/mol. The summed E-state index contributed by atoms with van der Waals surface area (Å²) in [4.78, 5) is 16.8. The van der Waals surface area contributed by atoms with Crippen LogP contribution in [0.2, 0.25) is 0 Å². The predicted octanol–water partition coefficient (Wildman–Crippen LogP) is 1.05. The van der Waals surface area contributed by atoms with Crippen LogP contribution in [0.1, 0.15) is 22.3 Å². The number of fused-ring (bicyclic) bond motifs is 1. The molecule has 29 heavy (non-hydrogen) atoms. The van der Waals surface area contributed by atoms with Crippen molar-refractivity contribution < 1.29 is 17.9 Å². The number of sulfonamides is 1. The number of ether oxygens (including phenoxy) is 1. The van der Waals surface area contributed by atoms with Crippen LogP contribution in [0, 0.1) is 0 Å². The van der Waals surface area contributed by atoms with Crippen LogP contribution in [0.25, 0.3) is 11.0 Å². The van der Waals surface area contributed by atoms with Gasteiger partial charge in [0.15, 0.2) is 5.65 Å². The van der Waals surface area contributed by atoms with Crippen molar-refractivity contribution in [1.82, 2.24) is 24.8 Å². The quantitative estimate of drug-likeness (QED) is 0.646. The lowest BCUT2D eigenvalue weighted by molar-refractivity contribution is -0.156. The number of amides is 1. The van der Waals surface area contributed by atoms with Crippen LogP contribution in [-0.4, -0.2) is 59.1 Å². The highest BCUT2D eigenvalue weighted by molar-refractivity contribution is 7.89. The molecule has 0 atom stereocenters. The van der Waals surface area contributed by atoms with Gasteiger partial charge in [-0.15, -0.1) is 0 Å². The number of hydrogen-bond donors (Lipinski definition) is 2. The second-order valence-electron chi connectivity index (χ2n) is 7.40. The first kappa shape index (κ1) is 18.2. The third-order valence-electron chi connectivity index (χ3n) is 5.57. The molecular weight excluding hydrogens is 394 g/mol. The zero-order valence-corrected chi connectivity index (χ0v) is 16.3.